The first-order valence-electron chi connectivity index (χ1n) is 8.50. The minimum atomic E-state index is 0.744. The van der Waals surface area contributed by atoms with Crippen LogP contribution in [0.4, 0.5) is 5.69 Å². The molecule has 1 nitrogen and oxygen atoms in total. The van der Waals surface area contributed by atoms with Crippen LogP contribution < -0.4 is 4.90 Å². The van der Waals surface area contributed by atoms with Crippen LogP contribution in [-0.2, 0) is 6.42 Å². The zero-order valence-electron chi connectivity index (χ0n) is 14.9. The molecule has 0 radical (unpaired) electrons. The van der Waals surface area contributed by atoms with Gasteiger partial charge in [0.2, 0.25) is 0 Å². The van der Waals surface area contributed by atoms with Crippen molar-refractivity contribution in [3.63, 3.8) is 0 Å². The summed E-state index contributed by atoms with van der Waals surface area (Å²) in [5.74, 6) is 0. The van der Waals surface area contributed by atoms with Crippen molar-refractivity contribution < 1.29 is 0 Å². The molecule has 26 heavy (non-hydrogen) atoms. The summed E-state index contributed by atoms with van der Waals surface area (Å²) in [6.07, 6.45) is 3.05. The Morgan fingerprint density at radius 3 is 2.00 bits per heavy atom. The van der Waals surface area contributed by atoms with Crippen LogP contribution in [0, 0.1) is 0 Å². The van der Waals surface area contributed by atoms with E-state index < -0.39 is 0 Å². The Morgan fingerprint density at radius 1 is 0.808 bits per heavy atom. The lowest BCUT2D eigenvalue weighted by atomic mass is 9.95. The molecule has 0 unspecified atom stereocenters. The average molecular weight is 382 g/mol. The number of anilines is 1. The fraction of sp³-hybridized carbons (Fsp3) is 0.130. The Labute approximate surface area is 165 Å². The van der Waals surface area contributed by atoms with E-state index in [1.54, 1.807) is 0 Å². The van der Waals surface area contributed by atoms with Gasteiger partial charge in [0.05, 0.1) is 0 Å². The number of hydrogen-bond acceptors (Lipinski definition) is 1. The SMILES string of the molecule is CN(C)c1ccccc1C/C(=C/c1ccc(Cl)cc1)c1ccc(Cl)cc1. The van der Waals surface area contributed by atoms with Gasteiger partial charge in [0, 0.05) is 36.2 Å². The fourth-order valence-electron chi connectivity index (χ4n) is 2.96. The van der Waals surface area contributed by atoms with Crippen LogP contribution in [0.2, 0.25) is 10.0 Å². The van der Waals surface area contributed by atoms with Crippen molar-refractivity contribution >= 4 is 40.5 Å². The molecule has 0 amide bonds. The Balaban J connectivity index is 2.03. The van der Waals surface area contributed by atoms with E-state index in [-0.39, 0.29) is 0 Å². The van der Waals surface area contributed by atoms with E-state index in [0.29, 0.717) is 0 Å². The molecule has 0 saturated heterocycles. The van der Waals surface area contributed by atoms with E-state index in [9.17, 15) is 0 Å². The van der Waals surface area contributed by atoms with Crippen molar-refractivity contribution in [1.82, 2.24) is 0 Å². The number of allylic oxidation sites excluding steroid dienone is 1. The van der Waals surface area contributed by atoms with Crippen molar-refractivity contribution in [2.45, 2.75) is 6.42 Å². The second-order valence-corrected chi connectivity index (χ2v) is 7.30. The number of hydrogen-bond donors (Lipinski definition) is 0. The highest BCUT2D eigenvalue weighted by molar-refractivity contribution is 6.30. The van der Waals surface area contributed by atoms with E-state index >= 15 is 0 Å². The Hall–Kier alpha value is -2.22. The minimum Gasteiger partial charge on any atom is -0.377 e. The van der Waals surface area contributed by atoms with Gasteiger partial charge in [-0.2, -0.15) is 0 Å². The number of rotatable bonds is 5. The van der Waals surface area contributed by atoms with E-state index in [1.807, 2.05) is 36.4 Å². The summed E-state index contributed by atoms with van der Waals surface area (Å²) in [5.41, 5.74) is 6.04. The average Bonchev–Trinajstić information content (AvgIpc) is 2.64. The number of benzene rings is 3. The van der Waals surface area contributed by atoms with Gasteiger partial charge in [-0.3, -0.25) is 0 Å². The van der Waals surface area contributed by atoms with Crippen molar-refractivity contribution in [2.75, 3.05) is 19.0 Å². The summed E-state index contributed by atoms with van der Waals surface area (Å²) < 4.78 is 0. The predicted octanol–water partition coefficient (Wildman–Crippen LogP) is 6.84. The van der Waals surface area contributed by atoms with E-state index in [0.717, 1.165) is 27.6 Å². The predicted molar refractivity (Wildman–Crippen MR) is 115 cm³/mol. The van der Waals surface area contributed by atoms with Crippen LogP contribution in [-0.4, -0.2) is 14.1 Å². The zero-order valence-corrected chi connectivity index (χ0v) is 16.4. The standard InChI is InChI=1S/C23H21Cl2N/c1-26(2)23-6-4-3-5-19(23)16-20(18-9-13-22(25)14-10-18)15-17-7-11-21(24)12-8-17/h3-15H,16H2,1-2H3/b20-15-. The van der Waals surface area contributed by atoms with Crippen LogP contribution in [0.15, 0.2) is 72.8 Å². The molecule has 3 aromatic rings. The quantitative estimate of drug-likeness (QED) is 0.437. The third-order valence-electron chi connectivity index (χ3n) is 4.28. The van der Waals surface area contributed by atoms with Crippen molar-refractivity contribution in [3.05, 3.63) is 99.5 Å². The van der Waals surface area contributed by atoms with Crippen molar-refractivity contribution in [2.24, 2.45) is 0 Å². The third kappa shape index (κ3) is 4.69. The first kappa shape index (κ1) is 18.6. The van der Waals surface area contributed by atoms with Crippen LogP contribution in [0.25, 0.3) is 11.6 Å². The molecule has 132 valence electrons. The van der Waals surface area contributed by atoms with E-state index in [2.05, 4.69) is 61.5 Å². The monoisotopic (exact) mass is 381 g/mol. The molecule has 3 aromatic carbocycles. The van der Waals surface area contributed by atoms with Crippen LogP contribution in [0.5, 0.6) is 0 Å². The molecule has 0 heterocycles. The lowest BCUT2D eigenvalue weighted by molar-refractivity contribution is 1.10. The van der Waals surface area contributed by atoms with Crippen molar-refractivity contribution in [1.29, 1.82) is 0 Å². The summed E-state index contributed by atoms with van der Waals surface area (Å²) in [5, 5.41) is 1.49. The van der Waals surface area contributed by atoms with Gasteiger partial charge in [0.15, 0.2) is 0 Å². The maximum Gasteiger partial charge on any atom is 0.0406 e. The molecule has 0 aliphatic rings. The van der Waals surface area contributed by atoms with Gasteiger partial charge in [-0.25, -0.2) is 0 Å². The number of nitrogens with zero attached hydrogens (tertiary/aromatic N) is 1. The smallest absolute Gasteiger partial charge is 0.0406 e. The second-order valence-electron chi connectivity index (χ2n) is 6.43. The molecule has 0 bridgehead atoms. The molecule has 3 rings (SSSR count). The van der Waals surface area contributed by atoms with Gasteiger partial charge in [-0.1, -0.05) is 71.7 Å². The molecule has 0 atom stereocenters. The molecule has 0 aliphatic heterocycles. The molecular formula is C23H21Cl2N. The van der Waals surface area contributed by atoms with Gasteiger partial charge in [-0.15, -0.1) is 0 Å². The van der Waals surface area contributed by atoms with Gasteiger partial charge in [0.25, 0.3) is 0 Å². The molecule has 0 aromatic heterocycles. The van der Waals surface area contributed by atoms with Gasteiger partial charge >= 0.3 is 0 Å². The van der Waals surface area contributed by atoms with Crippen LogP contribution >= 0.6 is 23.2 Å². The van der Waals surface area contributed by atoms with Crippen molar-refractivity contribution in [3.8, 4) is 0 Å². The molecule has 0 saturated carbocycles. The molecule has 0 fully saturated rings. The zero-order chi connectivity index (χ0) is 18.5. The second kappa shape index (κ2) is 8.44. The third-order valence-corrected chi connectivity index (χ3v) is 4.78. The summed E-state index contributed by atoms with van der Waals surface area (Å²) in [4.78, 5) is 2.15. The summed E-state index contributed by atoms with van der Waals surface area (Å²) in [6, 6.07) is 24.4. The number of para-hydroxylation sites is 1. The van der Waals surface area contributed by atoms with Crippen LogP contribution in [0.3, 0.4) is 0 Å². The summed E-state index contributed by atoms with van der Waals surface area (Å²) in [7, 11) is 4.15. The largest absolute Gasteiger partial charge is 0.377 e. The van der Waals surface area contributed by atoms with E-state index in [4.69, 9.17) is 23.2 Å². The lowest BCUT2D eigenvalue weighted by Crippen LogP contribution is -2.11. The first-order valence-corrected chi connectivity index (χ1v) is 9.26. The maximum absolute atomic E-state index is 6.08. The molecule has 0 aliphatic carbocycles. The summed E-state index contributed by atoms with van der Waals surface area (Å²) in [6.45, 7) is 0. The molecule has 0 N–H and O–H groups in total. The molecule has 0 spiro atoms. The van der Waals surface area contributed by atoms with Gasteiger partial charge in [-0.05, 0) is 52.6 Å². The highest BCUT2D eigenvalue weighted by Crippen LogP contribution is 2.28. The van der Waals surface area contributed by atoms with E-state index in [1.165, 1.54) is 16.8 Å². The molecular weight excluding hydrogens is 361 g/mol. The molecule has 3 heteroatoms. The number of halogens is 2. The Morgan fingerprint density at radius 2 is 1.38 bits per heavy atom. The topological polar surface area (TPSA) is 3.24 Å². The minimum absolute atomic E-state index is 0.744. The van der Waals surface area contributed by atoms with Gasteiger partial charge in [0.1, 0.15) is 0 Å². The Kier molecular flexibility index (Phi) is 6.03. The normalized spacial score (nSPS) is 11.5. The van der Waals surface area contributed by atoms with Crippen LogP contribution in [0.1, 0.15) is 16.7 Å². The lowest BCUT2D eigenvalue weighted by Gasteiger charge is -2.18. The highest BCUT2D eigenvalue weighted by atomic mass is 35.5. The summed E-state index contributed by atoms with van der Waals surface area (Å²) >= 11 is 12.1. The first-order chi connectivity index (χ1) is 12.5. The maximum atomic E-state index is 6.08. The Bertz CT molecular complexity index is 894. The van der Waals surface area contributed by atoms with Gasteiger partial charge < -0.3 is 4.90 Å². The highest BCUT2D eigenvalue weighted by Gasteiger charge is 2.09. The fourth-order valence-corrected chi connectivity index (χ4v) is 3.21.